The second-order valence-corrected chi connectivity index (χ2v) is 7.59. The van der Waals surface area contributed by atoms with Crippen LogP contribution in [0.2, 0.25) is 0 Å². The zero-order valence-corrected chi connectivity index (χ0v) is 12.5. The molecule has 114 valence electrons. The van der Waals surface area contributed by atoms with Crippen LogP contribution in [-0.4, -0.2) is 27.5 Å². The van der Waals surface area contributed by atoms with Crippen LogP contribution < -0.4 is 0 Å². The first kappa shape index (κ1) is 13.6. The van der Waals surface area contributed by atoms with Gasteiger partial charge in [-0.3, -0.25) is 0 Å². The molecule has 0 aliphatic heterocycles. The first-order valence-electron chi connectivity index (χ1n) is 8.18. The fraction of sp³-hybridized carbons (Fsp3) is 0.667. The summed E-state index contributed by atoms with van der Waals surface area (Å²) in [7, 11) is 0. The molecular weight excluding hydrogens is 264 g/mol. The lowest BCUT2D eigenvalue weighted by Crippen LogP contribution is -2.44. The Morgan fingerprint density at radius 2 is 2.00 bits per heavy atom. The van der Waals surface area contributed by atoms with Crippen molar-refractivity contribution in [1.82, 2.24) is 0 Å². The Hall–Kier alpha value is -1.06. The summed E-state index contributed by atoms with van der Waals surface area (Å²) < 4.78 is 0. The highest BCUT2D eigenvalue weighted by Gasteiger charge is 2.57. The van der Waals surface area contributed by atoms with E-state index >= 15 is 0 Å². The first-order chi connectivity index (χ1) is 10.0. The number of rotatable bonds is 0. The van der Waals surface area contributed by atoms with Gasteiger partial charge in [0.2, 0.25) is 0 Å². The molecule has 3 aliphatic rings. The Kier molecular flexibility index (Phi) is 2.89. The molecule has 6 atom stereocenters. The third-order valence-corrected chi connectivity index (χ3v) is 6.68. The van der Waals surface area contributed by atoms with E-state index < -0.39 is 12.2 Å². The minimum absolute atomic E-state index is 0.116. The lowest BCUT2D eigenvalue weighted by Gasteiger charge is -2.49. The summed E-state index contributed by atoms with van der Waals surface area (Å²) in [4.78, 5) is 0. The van der Waals surface area contributed by atoms with Crippen LogP contribution in [0, 0.1) is 17.3 Å². The van der Waals surface area contributed by atoms with Gasteiger partial charge in [0.15, 0.2) is 0 Å². The Morgan fingerprint density at radius 1 is 1.19 bits per heavy atom. The molecule has 1 aromatic carbocycles. The zero-order chi connectivity index (χ0) is 14.8. The summed E-state index contributed by atoms with van der Waals surface area (Å²) in [5.74, 6) is 1.88. The monoisotopic (exact) mass is 288 g/mol. The predicted molar refractivity (Wildman–Crippen MR) is 80.1 cm³/mol. The van der Waals surface area contributed by atoms with E-state index in [1.165, 1.54) is 11.1 Å². The van der Waals surface area contributed by atoms with Crippen LogP contribution in [0.3, 0.4) is 0 Å². The van der Waals surface area contributed by atoms with Crippen LogP contribution >= 0.6 is 0 Å². The summed E-state index contributed by atoms with van der Waals surface area (Å²) in [5.41, 5.74) is 2.57. The van der Waals surface area contributed by atoms with Gasteiger partial charge in [0.25, 0.3) is 0 Å². The molecule has 0 amide bonds. The predicted octanol–water partition coefficient (Wildman–Crippen LogP) is 2.58. The van der Waals surface area contributed by atoms with Gasteiger partial charge in [-0.1, -0.05) is 13.0 Å². The highest BCUT2D eigenvalue weighted by Crippen LogP contribution is 2.60. The molecule has 0 unspecified atom stereocenters. The average molecular weight is 288 g/mol. The van der Waals surface area contributed by atoms with Gasteiger partial charge in [-0.2, -0.15) is 0 Å². The molecule has 1 aromatic rings. The fourth-order valence-corrected chi connectivity index (χ4v) is 5.56. The number of phenols is 1. The van der Waals surface area contributed by atoms with Gasteiger partial charge in [-0.15, -0.1) is 0 Å². The van der Waals surface area contributed by atoms with Crippen molar-refractivity contribution >= 4 is 0 Å². The number of benzene rings is 1. The van der Waals surface area contributed by atoms with E-state index in [1.54, 1.807) is 6.07 Å². The molecule has 0 aromatic heterocycles. The number of hydrogen-bond acceptors (Lipinski definition) is 3. The van der Waals surface area contributed by atoms with E-state index in [4.69, 9.17) is 0 Å². The quantitative estimate of drug-likeness (QED) is 0.687. The minimum atomic E-state index is -0.565. The number of phenolic OH excluding ortho intramolecular Hbond substituents is 1. The largest absolute Gasteiger partial charge is 0.508 e. The van der Waals surface area contributed by atoms with Gasteiger partial charge >= 0.3 is 0 Å². The van der Waals surface area contributed by atoms with Crippen LogP contribution in [0.1, 0.15) is 49.7 Å². The van der Waals surface area contributed by atoms with Gasteiger partial charge in [0, 0.05) is 0 Å². The van der Waals surface area contributed by atoms with Crippen molar-refractivity contribution in [2.45, 2.75) is 57.2 Å². The summed E-state index contributed by atoms with van der Waals surface area (Å²) in [6.45, 7) is 2.17. The summed E-state index contributed by atoms with van der Waals surface area (Å²) in [6.07, 6.45) is 3.80. The molecule has 3 heteroatoms. The smallest absolute Gasteiger partial charge is 0.115 e. The number of aliphatic hydroxyl groups excluding tert-OH is 2. The first-order valence-corrected chi connectivity index (χ1v) is 8.18. The molecule has 0 bridgehead atoms. The average Bonchev–Trinajstić information content (AvgIpc) is 2.70. The molecule has 0 radical (unpaired) electrons. The summed E-state index contributed by atoms with van der Waals surface area (Å²) in [6, 6.07) is 5.80. The fourth-order valence-electron chi connectivity index (χ4n) is 5.56. The number of aromatic hydroxyl groups is 1. The molecular formula is C18H24O3. The van der Waals surface area contributed by atoms with Crippen LogP contribution in [0.25, 0.3) is 0 Å². The van der Waals surface area contributed by atoms with E-state index in [0.717, 1.165) is 32.1 Å². The van der Waals surface area contributed by atoms with Gasteiger partial charge in [0.1, 0.15) is 5.75 Å². The van der Waals surface area contributed by atoms with Crippen LogP contribution in [0.4, 0.5) is 0 Å². The van der Waals surface area contributed by atoms with Crippen LogP contribution in [0.15, 0.2) is 18.2 Å². The van der Waals surface area contributed by atoms with Gasteiger partial charge in [-0.25, -0.2) is 0 Å². The molecule has 0 spiro atoms. The van der Waals surface area contributed by atoms with Gasteiger partial charge in [-0.05, 0) is 78.5 Å². The van der Waals surface area contributed by atoms with Crippen molar-refractivity contribution in [2.24, 2.45) is 17.3 Å². The zero-order valence-electron chi connectivity index (χ0n) is 12.5. The lowest BCUT2D eigenvalue weighted by molar-refractivity contribution is -0.0505. The maximum absolute atomic E-state index is 10.4. The van der Waals surface area contributed by atoms with Crippen molar-refractivity contribution < 1.29 is 15.3 Å². The SMILES string of the molecule is C[C@]12CC[C@@H]3c4ccc(O)cc4CC[C@@H]3[C@H]1C[C@@H](O)[C@H]2O. The van der Waals surface area contributed by atoms with E-state index in [2.05, 4.69) is 13.0 Å². The third-order valence-electron chi connectivity index (χ3n) is 6.68. The number of fused-ring (bicyclic) bond motifs is 5. The summed E-state index contributed by atoms with van der Waals surface area (Å²) in [5, 5.41) is 30.2. The Balaban J connectivity index is 1.71. The van der Waals surface area contributed by atoms with E-state index in [9.17, 15) is 15.3 Å². The highest BCUT2D eigenvalue weighted by atomic mass is 16.3. The Labute approximate surface area is 125 Å². The van der Waals surface area contributed by atoms with Gasteiger partial charge in [0.05, 0.1) is 12.2 Å². The summed E-state index contributed by atoms with van der Waals surface area (Å²) >= 11 is 0. The molecule has 3 aliphatic carbocycles. The Bertz CT molecular complexity index is 570. The van der Waals surface area contributed by atoms with Crippen molar-refractivity contribution in [1.29, 1.82) is 0 Å². The second-order valence-electron chi connectivity index (χ2n) is 7.59. The van der Waals surface area contributed by atoms with Crippen molar-refractivity contribution in [3.8, 4) is 5.75 Å². The van der Waals surface area contributed by atoms with E-state index in [0.29, 0.717) is 23.5 Å². The van der Waals surface area contributed by atoms with Crippen LogP contribution in [-0.2, 0) is 6.42 Å². The molecule has 0 heterocycles. The van der Waals surface area contributed by atoms with Crippen molar-refractivity contribution in [3.63, 3.8) is 0 Å². The van der Waals surface area contributed by atoms with E-state index in [-0.39, 0.29) is 5.41 Å². The molecule has 3 nitrogen and oxygen atoms in total. The second kappa shape index (κ2) is 4.47. The number of hydrogen-bond donors (Lipinski definition) is 3. The molecule has 2 fully saturated rings. The Morgan fingerprint density at radius 3 is 2.81 bits per heavy atom. The highest BCUT2D eigenvalue weighted by molar-refractivity contribution is 5.40. The van der Waals surface area contributed by atoms with Gasteiger partial charge < -0.3 is 15.3 Å². The molecule has 0 saturated heterocycles. The standard InChI is InChI=1S/C18H24O3/c1-18-7-6-13-12-5-3-11(19)8-10(12)2-4-14(13)15(18)9-16(20)17(18)21/h3,5,8,13-17,19-21H,2,4,6-7,9H2,1H3/t13-,14+,15-,16-,17-,18+/m1/s1. The number of aliphatic hydroxyl groups is 2. The van der Waals surface area contributed by atoms with Crippen molar-refractivity contribution in [3.05, 3.63) is 29.3 Å². The normalized spacial score (nSPS) is 44.8. The van der Waals surface area contributed by atoms with Crippen molar-refractivity contribution in [2.75, 3.05) is 0 Å². The third kappa shape index (κ3) is 1.80. The van der Waals surface area contributed by atoms with E-state index in [1.807, 2.05) is 6.07 Å². The topological polar surface area (TPSA) is 60.7 Å². The molecule has 4 rings (SSSR count). The molecule has 3 N–H and O–H groups in total. The maximum atomic E-state index is 10.4. The molecule has 2 saturated carbocycles. The van der Waals surface area contributed by atoms with Crippen LogP contribution in [0.5, 0.6) is 5.75 Å². The molecule has 21 heavy (non-hydrogen) atoms. The number of aryl methyl sites for hydroxylation is 1. The minimum Gasteiger partial charge on any atom is -0.508 e. The lowest BCUT2D eigenvalue weighted by atomic mass is 9.55. The maximum Gasteiger partial charge on any atom is 0.115 e.